The maximum absolute atomic E-state index is 14.4. The molecule has 5 rings (SSSR count). The zero-order chi connectivity index (χ0) is 20.0. The van der Waals surface area contributed by atoms with E-state index in [9.17, 15) is 13.9 Å². The molecule has 2 aliphatic rings. The van der Waals surface area contributed by atoms with Crippen molar-refractivity contribution in [1.29, 1.82) is 0 Å². The second-order valence-electron chi connectivity index (χ2n) is 7.77. The zero-order valence-corrected chi connectivity index (χ0v) is 15.9. The Morgan fingerprint density at radius 3 is 2.76 bits per heavy atom. The number of hydrogen-bond acceptors (Lipinski definition) is 5. The summed E-state index contributed by atoms with van der Waals surface area (Å²) in [6, 6.07) is 9.12. The molecule has 0 aliphatic carbocycles. The van der Waals surface area contributed by atoms with Crippen molar-refractivity contribution in [3.8, 4) is 0 Å². The SMILES string of the molecule is OC1CCN(c2ccnc3ccc(N4CCC[C@@H]4c4cc(F)ccc4F)nc23)C1. The molecule has 3 aromatic rings. The van der Waals surface area contributed by atoms with E-state index in [1.807, 2.05) is 23.1 Å². The average molecular weight is 396 g/mol. The van der Waals surface area contributed by atoms with E-state index in [-0.39, 0.29) is 12.1 Å². The van der Waals surface area contributed by atoms with Gasteiger partial charge >= 0.3 is 0 Å². The molecule has 2 aliphatic heterocycles. The van der Waals surface area contributed by atoms with Crippen LogP contribution in [0.4, 0.5) is 20.3 Å². The number of benzene rings is 1. The number of β-amino-alcohol motifs (C(OH)–C–C–N with tert-alkyl or cyclic N) is 1. The van der Waals surface area contributed by atoms with Gasteiger partial charge in [-0.3, -0.25) is 4.98 Å². The monoisotopic (exact) mass is 396 g/mol. The van der Waals surface area contributed by atoms with Crippen LogP contribution in [-0.2, 0) is 0 Å². The summed E-state index contributed by atoms with van der Waals surface area (Å²) in [7, 11) is 0. The molecule has 0 radical (unpaired) electrons. The van der Waals surface area contributed by atoms with Gasteiger partial charge in [-0.25, -0.2) is 13.8 Å². The molecule has 1 aromatic carbocycles. The van der Waals surface area contributed by atoms with Gasteiger partial charge in [0.05, 0.1) is 23.3 Å². The van der Waals surface area contributed by atoms with Gasteiger partial charge in [0, 0.05) is 31.4 Å². The standard InChI is InChI=1S/C22H22F2N4O/c23-14-3-4-17(24)16(12-14)19-2-1-10-28(19)21-6-5-18-22(26-21)20(7-9-25-18)27-11-8-15(29)13-27/h3-7,9,12,15,19,29H,1-2,8,10-11,13H2/t15?,19-/m1/s1. The predicted molar refractivity (Wildman–Crippen MR) is 108 cm³/mol. The Kier molecular flexibility index (Phi) is 4.54. The van der Waals surface area contributed by atoms with Gasteiger partial charge in [-0.05, 0) is 55.7 Å². The van der Waals surface area contributed by atoms with Crippen molar-refractivity contribution in [3.05, 3.63) is 59.8 Å². The van der Waals surface area contributed by atoms with Gasteiger partial charge in [0.15, 0.2) is 0 Å². The summed E-state index contributed by atoms with van der Waals surface area (Å²) in [5.74, 6) is -0.0889. The summed E-state index contributed by atoms with van der Waals surface area (Å²) in [5, 5.41) is 9.92. The van der Waals surface area contributed by atoms with Gasteiger partial charge in [-0.1, -0.05) is 0 Å². The number of halogens is 2. The maximum Gasteiger partial charge on any atom is 0.129 e. The molecular formula is C22H22F2N4O. The van der Waals surface area contributed by atoms with Crippen LogP contribution in [0.3, 0.4) is 0 Å². The smallest absolute Gasteiger partial charge is 0.129 e. The van der Waals surface area contributed by atoms with E-state index in [4.69, 9.17) is 4.98 Å². The number of fused-ring (bicyclic) bond motifs is 1. The van der Waals surface area contributed by atoms with Crippen LogP contribution < -0.4 is 9.80 Å². The topological polar surface area (TPSA) is 52.5 Å². The van der Waals surface area contributed by atoms with Gasteiger partial charge in [0.1, 0.15) is 23.0 Å². The molecule has 0 bridgehead atoms. The summed E-state index contributed by atoms with van der Waals surface area (Å²) in [5.41, 5.74) is 2.87. The lowest BCUT2D eigenvalue weighted by Gasteiger charge is -2.27. The Morgan fingerprint density at radius 2 is 1.93 bits per heavy atom. The predicted octanol–water partition coefficient (Wildman–Crippen LogP) is 3.82. The first-order chi connectivity index (χ1) is 14.1. The number of pyridine rings is 2. The number of aromatic nitrogens is 2. The quantitative estimate of drug-likeness (QED) is 0.730. The van der Waals surface area contributed by atoms with Crippen LogP contribution in [0.15, 0.2) is 42.6 Å². The van der Waals surface area contributed by atoms with Crippen molar-refractivity contribution in [2.75, 3.05) is 29.4 Å². The summed E-state index contributed by atoms with van der Waals surface area (Å²) >= 11 is 0. The third kappa shape index (κ3) is 3.29. The third-order valence-corrected chi connectivity index (χ3v) is 5.92. The lowest BCUT2D eigenvalue weighted by molar-refractivity contribution is 0.198. The molecule has 29 heavy (non-hydrogen) atoms. The van der Waals surface area contributed by atoms with Gasteiger partial charge in [0.2, 0.25) is 0 Å². The van der Waals surface area contributed by atoms with Crippen LogP contribution in [0, 0.1) is 11.6 Å². The zero-order valence-electron chi connectivity index (χ0n) is 15.9. The highest BCUT2D eigenvalue weighted by molar-refractivity contribution is 5.89. The van der Waals surface area contributed by atoms with E-state index in [1.165, 1.54) is 12.1 Å². The minimum atomic E-state index is -0.432. The molecule has 2 fully saturated rings. The highest BCUT2D eigenvalue weighted by Crippen LogP contribution is 2.38. The van der Waals surface area contributed by atoms with Crippen LogP contribution in [0.1, 0.15) is 30.9 Å². The Morgan fingerprint density at radius 1 is 1.03 bits per heavy atom. The average Bonchev–Trinajstić information content (AvgIpc) is 3.38. The van der Waals surface area contributed by atoms with Crippen molar-refractivity contribution in [2.45, 2.75) is 31.4 Å². The molecule has 2 atom stereocenters. The Balaban J connectivity index is 1.55. The molecule has 1 unspecified atom stereocenters. The Bertz CT molecular complexity index is 1060. The number of anilines is 2. The summed E-state index contributed by atoms with van der Waals surface area (Å²) < 4.78 is 28.2. The van der Waals surface area contributed by atoms with Crippen molar-refractivity contribution < 1.29 is 13.9 Å². The first kappa shape index (κ1) is 18.2. The molecule has 0 saturated carbocycles. The second-order valence-corrected chi connectivity index (χ2v) is 7.77. The molecule has 4 heterocycles. The fourth-order valence-electron chi connectivity index (χ4n) is 4.51. The van der Waals surface area contributed by atoms with Crippen molar-refractivity contribution in [1.82, 2.24) is 9.97 Å². The van der Waals surface area contributed by atoms with E-state index < -0.39 is 11.6 Å². The number of nitrogens with zero attached hydrogens (tertiary/aromatic N) is 4. The van der Waals surface area contributed by atoms with E-state index >= 15 is 0 Å². The van der Waals surface area contributed by atoms with E-state index in [0.717, 1.165) is 61.0 Å². The third-order valence-electron chi connectivity index (χ3n) is 5.92. The van der Waals surface area contributed by atoms with Crippen molar-refractivity contribution >= 4 is 22.5 Å². The number of rotatable bonds is 3. The van der Waals surface area contributed by atoms with Gasteiger partial charge in [-0.2, -0.15) is 0 Å². The Hall–Kier alpha value is -2.80. The van der Waals surface area contributed by atoms with Gasteiger partial charge < -0.3 is 14.9 Å². The minimum absolute atomic E-state index is 0.246. The van der Waals surface area contributed by atoms with Crippen LogP contribution in [-0.4, -0.2) is 40.8 Å². The molecule has 2 aromatic heterocycles. The fraction of sp³-hybridized carbons (Fsp3) is 0.364. The molecule has 2 saturated heterocycles. The second kappa shape index (κ2) is 7.22. The van der Waals surface area contributed by atoms with E-state index in [0.29, 0.717) is 12.1 Å². The number of aliphatic hydroxyl groups excluding tert-OH is 1. The maximum atomic E-state index is 14.4. The van der Waals surface area contributed by atoms with Gasteiger partial charge in [0.25, 0.3) is 0 Å². The summed E-state index contributed by atoms with van der Waals surface area (Å²) in [6.45, 7) is 2.08. The summed E-state index contributed by atoms with van der Waals surface area (Å²) in [6.07, 6.45) is 3.79. The number of hydrogen-bond donors (Lipinski definition) is 1. The van der Waals surface area contributed by atoms with Crippen LogP contribution in [0.2, 0.25) is 0 Å². The lowest BCUT2D eigenvalue weighted by Crippen LogP contribution is -2.25. The van der Waals surface area contributed by atoms with E-state index in [1.54, 1.807) is 6.20 Å². The largest absolute Gasteiger partial charge is 0.391 e. The lowest BCUT2D eigenvalue weighted by atomic mass is 10.0. The van der Waals surface area contributed by atoms with Crippen molar-refractivity contribution in [2.24, 2.45) is 0 Å². The molecule has 0 amide bonds. The van der Waals surface area contributed by atoms with Gasteiger partial charge in [-0.15, -0.1) is 0 Å². The van der Waals surface area contributed by atoms with Crippen LogP contribution in [0.5, 0.6) is 0 Å². The normalized spacial score (nSPS) is 22.0. The fourth-order valence-corrected chi connectivity index (χ4v) is 4.51. The highest BCUT2D eigenvalue weighted by Gasteiger charge is 2.30. The first-order valence-electron chi connectivity index (χ1n) is 10.0. The first-order valence-corrected chi connectivity index (χ1v) is 10.0. The molecule has 150 valence electrons. The van der Waals surface area contributed by atoms with Crippen molar-refractivity contribution in [3.63, 3.8) is 0 Å². The summed E-state index contributed by atoms with van der Waals surface area (Å²) in [4.78, 5) is 13.5. The minimum Gasteiger partial charge on any atom is -0.391 e. The molecule has 7 heteroatoms. The molecule has 1 N–H and O–H groups in total. The van der Waals surface area contributed by atoms with Crippen LogP contribution >= 0.6 is 0 Å². The van der Waals surface area contributed by atoms with Crippen LogP contribution in [0.25, 0.3) is 11.0 Å². The Labute approximate surface area is 167 Å². The van der Waals surface area contributed by atoms with E-state index in [2.05, 4.69) is 9.88 Å². The number of aliphatic hydroxyl groups is 1. The molecule has 5 nitrogen and oxygen atoms in total. The highest BCUT2D eigenvalue weighted by atomic mass is 19.1. The molecule has 0 spiro atoms. The molecular weight excluding hydrogens is 374 g/mol.